The van der Waals surface area contributed by atoms with Crippen LogP contribution < -0.4 is 0 Å². The molecule has 4 heteroatoms. The van der Waals surface area contributed by atoms with E-state index in [2.05, 4.69) is 0 Å². The van der Waals surface area contributed by atoms with Gasteiger partial charge in [0.25, 0.3) is 0 Å². The Morgan fingerprint density at radius 1 is 1.00 bits per heavy atom. The van der Waals surface area contributed by atoms with Crippen LogP contribution in [0.2, 0.25) is 0 Å². The molecular weight excluding hydrogens is 220 g/mol. The maximum atomic E-state index is 10.3. The second-order valence-corrected chi connectivity index (χ2v) is 4.04. The van der Waals surface area contributed by atoms with Crippen molar-refractivity contribution < 1.29 is 19.4 Å². The van der Waals surface area contributed by atoms with Crippen molar-refractivity contribution in [3.63, 3.8) is 0 Å². The van der Waals surface area contributed by atoms with Gasteiger partial charge in [0, 0.05) is 19.6 Å². The molecule has 4 nitrogen and oxygen atoms in total. The molecule has 0 aliphatic carbocycles. The van der Waals surface area contributed by atoms with Crippen LogP contribution in [0.3, 0.4) is 0 Å². The van der Waals surface area contributed by atoms with Crippen LogP contribution in [0.15, 0.2) is 0 Å². The molecule has 0 saturated carbocycles. The van der Waals surface area contributed by atoms with Crippen LogP contribution in [0.4, 0.5) is 0 Å². The first-order valence-electron chi connectivity index (χ1n) is 6.65. The Balaban J connectivity index is 3.32. The number of hydrogen-bond donors (Lipinski definition) is 1. The quantitative estimate of drug-likeness (QED) is 0.424. The maximum Gasteiger partial charge on any atom is 0.303 e. The number of aliphatic carboxylic acids is 1. The van der Waals surface area contributed by atoms with Gasteiger partial charge in [-0.2, -0.15) is 0 Å². The van der Waals surface area contributed by atoms with Crippen LogP contribution in [0.25, 0.3) is 0 Å². The number of ether oxygens (including phenoxy) is 2. The van der Waals surface area contributed by atoms with Gasteiger partial charge in [0.1, 0.15) is 0 Å². The number of rotatable bonds is 12. The Labute approximate surface area is 104 Å². The van der Waals surface area contributed by atoms with Gasteiger partial charge in [0.2, 0.25) is 0 Å². The van der Waals surface area contributed by atoms with Crippen molar-refractivity contribution in [2.45, 2.75) is 65.1 Å². The molecule has 102 valence electrons. The van der Waals surface area contributed by atoms with Crippen LogP contribution in [0, 0.1) is 0 Å². The monoisotopic (exact) mass is 246 g/mol. The summed E-state index contributed by atoms with van der Waals surface area (Å²) in [6, 6.07) is 0. The highest BCUT2D eigenvalue weighted by Gasteiger charge is 2.06. The van der Waals surface area contributed by atoms with Gasteiger partial charge in [-0.05, 0) is 33.1 Å². The smallest absolute Gasteiger partial charge is 0.303 e. The van der Waals surface area contributed by atoms with Gasteiger partial charge in [0.05, 0.1) is 0 Å². The number of carbonyl (C=O) groups is 1. The van der Waals surface area contributed by atoms with E-state index in [1.807, 2.05) is 13.8 Å². The van der Waals surface area contributed by atoms with Gasteiger partial charge >= 0.3 is 5.97 Å². The van der Waals surface area contributed by atoms with Crippen molar-refractivity contribution in [3.05, 3.63) is 0 Å². The summed E-state index contributed by atoms with van der Waals surface area (Å²) < 4.78 is 10.9. The summed E-state index contributed by atoms with van der Waals surface area (Å²) in [5, 5.41) is 8.47. The number of carboxylic acids is 1. The van der Waals surface area contributed by atoms with Gasteiger partial charge in [-0.15, -0.1) is 0 Å². The zero-order valence-electron chi connectivity index (χ0n) is 11.1. The fourth-order valence-corrected chi connectivity index (χ4v) is 1.70. The molecule has 0 aromatic heterocycles. The standard InChI is InChI=1S/C13H26O4/c1-3-16-13(17-4-2)11-9-7-5-6-8-10-12(14)15/h13H,3-11H2,1-2H3,(H,14,15). The van der Waals surface area contributed by atoms with Crippen LogP contribution in [-0.2, 0) is 14.3 Å². The second kappa shape index (κ2) is 11.9. The predicted molar refractivity (Wildman–Crippen MR) is 67.0 cm³/mol. The highest BCUT2D eigenvalue weighted by Crippen LogP contribution is 2.11. The minimum Gasteiger partial charge on any atom is -0.481 e. The van der Waals surface area contributed by atoms with Gasteiger partial charge < -0.3 is 14.6 Å². The SMILES string of the molecule is CCOC(CCCCCCCC(=O)O)OCC. The summed E-state index contributed by atoms with van der Waals surface area (Å²) in [6.45, 7) is 5.31. The normalized spacial score (nSPS) is 11.0. The molecule has 0 atom stereocenters. The van der Waals surface area contributed by atoms with Gasteiger partial charge in [-0.3, -0.25) is 4.79 Å². The molecule has 0 fully saturated rings. The van der Waals surface area contributed by atoms with Crippen molar-refractivity contribution >= 4 is 5.97 Å². The molecule has 0 heterocycles. The van der Waals surface area contributed by atoms with E-state index in [0.29, 0.717) is 19.6 Å². The number of hydrogen-bond acceptors (Lipinski definition) is 3. The lowest BCUT2D eigenvalue weighted by Crippen LogP contribution is -2.17. The Bertz CT molecular complexity index is 176. The Kier molecular flexibility index (Phi) is 11.4. The van der Waals surface area contributed by atoms with Crippen LogP contribution in [-0.4, -0.2) is 30.6 Å². The Hall–Kier alpha value is -0.610. The van der Waals surface area contributed by atoms with Crippen molar-refractivity contribution in [2.24, 2.45) is 0 Å². The molecule has 1 N–H and O–H groups in total. The van der Waals surface area contributed by atoms with E-state index in [4.69, 9.17) is 14.6 Å². The fraction of sp³-hybridized carbons (Fsp3) is 0.923. The van der Waals surface area contributed by atoms with Gasteiger partial charge in [0.15, 0.2) is 6.29 Å². The lowest BCUT2D eigenvalue weighted by molar-refractivity contribution is -0.140. The Morgan fingerprint density at radius 3 is 2.06 bits per heavy atom. The van der Waals surface area contributed by atoms with Crippen molar-refractivity contribution in [2.75, 3.05) is 13.2 Å². The zero-order valence-corrected chi connectivity index (χ0v) is 11.1. The molecule has 0 unspecified atom stereocenters. The lowest BCUT2D eigenvalue weighted by Gasteiger charge is -2.16. The molecule has 0 saturated heterocycles. The molecule has 0 aromatic rings. The summed E-state index contributed by atoms with van der Waals surface area (Å²) in [5.41, 5.74) is 0. The summed E-state index contributed by atoms with van der Waals surface area (Å²) in [7, 11) is 0. The van der Waals surface area contributed by atoms with E-state index in [1.165, 1.54) is 0 Å². The van der Waals surface area contributed by atoms with Gasteiger partial charge in [-0.1, -0.05) is 19.3 Å². The molecule has 0 radical (unpaired) electrons. The third kappa shape index (κ3) is 11.6. The zero-order chi connectivity index (χ0) is 12.9. The third-order valence-corrected chi connectivity index (χ3v) is 2.54. The molecule has 0 amide bonds. The number of unbranched alkanes of at least 4 members (excludes halogenated alkanes) is 4. The predicted octanol–water partition coefficient (Wildman–Crippen LogP) is 3.20. The first-order chi connectivity index (χ1) is 8.20. The van der Waals surface area contributed by atoms with Crippen molar-refractivity contribution in [3.8, 4) is 0 Å². The molecule has 0 spiro atoms. The third-order valence-electron chi connectivity index (χ3n) is 2.54. The largest absolute Gasteiger partial charge is 0.481 e. The van der Waals surface area contributed by atoms with E-state index in [0.717, 1.165) is 38.5 Å². The van der Waals surface area contributed by atoms with E-state index in [-0.39, 0.29) is 6.29 Å². The first kappa shape index (κ1) is 16.4. The molecule has 0 aliphatic rings. The molecular formula is C13H26O4. The highest BCUT2D eigenvalue weighted by atomic mass is 16.7. The lowest BCUT2D eigenvalue weighted by atomic mass is 10.1. The first-order valence-corrected chi connectivity index (χ1v) is 6.65. The molecule has 17 heavy (non-hydrogen) atoms. The van der Waals surface area contributed by atoms with E-state index < -0.39 is 5.97 Å². The van der Waals surface area contributed by atoms with E-state index >= 15 is 0 Å². The Morgan fingerprint density at radius 2 is 1.53 bits per heavy atom. The van der Waals surface area contributed by atoms with E-state index in [1.54, 1.807) is 0 Å². The van der Waals surface area contributed by atoms with Crippen LogP contribution >= 0.6 is 0 Å². The summed E-state index contributed by atoms with van der Waals surface area (Å²) in [4.78, 5) is 10.3. The topological polar surface area (TPSA) is 55.8 Å². The van der Waals surface area contributed by atoms with Gasteiger partial charge in [-0.25, -0.2) is 0 Å². The molecule has 0 aliphatic heterocycles. The number of carboxylic acid groups (broad SMARTS) is 1. The maximum absolute atomic E-state index is 10.3. The average Bonchev–Trinajstić information content (AvgIpc) is 2.28. The molecule has 0 bridgehead atoms. The van der Waals surface area contributed by atoms with Crippen LogP contribution in [0.1, 0.15) is 58.8 Å². The minimum atomic E-state index is -0.697. The van der Waals surface area contributed by atoms with Crippen molar-refractivity contribution in [1.82, 2.24) is 0 Å². The van der Waals surface area contributed by atoms with Crippen molar-refractivity contribution in [1.29, 1.82) is 0 Å². The molecule has 0 rings (SSSR count). The fourth-order valence-electron chi connectivity index (χ4n) is 1.70. The average molecular weight is 246 g/mol. The van der Waals surface area contributed by atoms with Crippen LogP contribution in [0.5, 0.6) is 0 Å². The summed E-state index contributed by atoms with van der Waals surface area (Å²) in [6.07, 6.45) is 6.24. The second-order valence-electron chi connectivity index (χ2n) is 4.04. The molecule has 0 aromatic carbocycles. The minimum absolute atomic E-state index is 0.0657. The summed E-state index contributed by atoms with van der Waals surface area (Å²) >= 11 is 0. The highest BCUT2D eigenvalue weighted by molar-refractivity contribution is 5.66. The summed E-state index contributed by atoms with van der Waals surface area (Å²) in [5.74, 6) is -0.697. The van der Waals surface area contributed by atoms with E-state index in [9.17, 15) is 4.79 Å².